The van der Waals surface area contributed by atoms with Crippen LogP contribution >= 0.6 is 34.2 Å². The van der Waals surface area contributed by atoms with Crippen LogP contribution in [0.25, 0.3) is 0 Å². The third-order valence-electron chi connectivity index (χ3n) is 2.73. The molecular formula is C15H12ClIN2O2. The first-order chi connectivity index (χ1) is 9.97. The van der Waals surface area contributed by atoms with Crippen LogP contribution in [0.3, 0.4) is 0 Å². The number of amides is 1. The van der Waals surface area contributed by atoms with Crippen molar-refractivity contribution in [2.45, 2.75) is 6.92 Å². The average Bonchev–Trinajstić information content (AvgIpc) is 2.42. The molecule has 6 heteroatoms. The van der Waals surface area contributed by atoms with Gasteiger partial charge in [0, 0.05) is 9.13 Å². The fourth-order valence-corrected chi connectivity index (χ4v) is 2.49. The molecule has 0 fully saturated rings. The molecule has 1 amide bonds. The van der Waals surface area contributed by atoms with Gasteiger partial charge in [-0.3, -0.25) is 4.79 Å². The predicted molar refractivity (Wildman–Crippen MR) is 92.1 cm³/mol. The van der Waals surface area contributed by atoms with E-state index in [9.17, 15) is 9.90 Å². The first-order valence-corrected chi connectivity index (χ1v) is 7.51. The quantitative estimate of drug-likeness (QED) is 0.457. The number of aryl methyl sites for hydroxylation is 1. The summed E-state index contributed by atoms with van der Waals surface area (Å²) in [6.45, 7) is 1.89. The van der Waals surface area contributed by atoms with E-state index in [2.05, 4.69) is 33.1 Å². The van der Waals surface area contributed by atoms with Gasteiger partial charge in [-0.05, 0) is 65.4 Å². The lowest BCUT2D eigenvalue weighted by atomic mass is 10.1. The number of phenolic OH excluding ortho intramolecular Hbond substituents is 1. The Labute approximate surface area is 141 Å². The Kier molecular flexibility index (Phi) is 5.19. The van der Waals surface area contributed by atoms with Gasteiger partial charge < -0.3 is 5.11 Å². The van der Waals surface area contributed by atoms with Gasteiger partial charge >= 0.3 is 0 Å². The van der Waals surface area contributed by atoms with Crippen LogP contribution in [-0.2, 0) is 0 Å². The topological polar surface area (TPSA) is 61.7 Å². The highest BCUT2D eigenvalue weighted by Gasteiger charge is 2.09. The molecule has 0 aliphatic heterocycles. The van der Waals surface area contributed by atoms with Gasteiger partial charge in [0.05, 0.1) is 16.8 Å². The molecule has 0 aliphatic carbocycles. The number of rotatable bonds is 3. The van der Waals surface area contributed by atoms with Crippen molar-refractivity contribution in [2.24, 2.45) is 5.10 Å². The van der Waals surface area contributed by atoms with E-state index in [0.29, 0.717) is 16.1 Å². The normalized spacial score (nSPS) is 10.8. The first kappa shape index (κ1) is 15.8. The molecule has 108 valence electrons. The summed E-state index contributed by atoms with van der Waals surface area (Å²) in [6.07, 6.45) is 1.39. The van der Waals surface area contributed by atoms with Crippen LogP contribution in [0, 0.1) is 10.5 Å². The van der Waals surface area contributed by atoms with E-state index in [-0.39, 0.29) is 5.75 Å². The number of carbonyl (C=O) groups is 1. The summed E-state index contributed by atoms with van der Waals surface area (Å²) >= 11 is 8.14. The minimum Gasteiger partial charge on any atom is -0.507 e. The van der Waals surface area contributed by atoms with Crippen LogP contribution in [0.15, 0.2) is 41.5 Å². The zero-order chi connectivity index (χ0) is 15.4. The Morgan fingerprint density at radius 1 is 1.33 bits per heavy atom. The Morgan fingerprint density at radius 3 is 2.81 bits per heavy atom. The van der Waals surface area contributed by atoms with Gasteiger partial charge in [0.25, 0.3) is 5.91 Å². The van der Waals surface area contributed by atoms with Crippen molar-refractivity contribution in [2.75, 3.05) is 0 Å². The van der Waals surface area contributed by atoms with Crippen molar-refractivity contribution < 1.29 is 9.90 Å². The summed E-state index contributed by atoms with van der Waals surface area (Å²) in [6, 6.07) is 10.3. The van der Waals surface area contributed by atoms with Gasteiger partial charge in [-0.1, -0.05) is 17.7 Å². The zero-order valence-corrected chi connectivity index (χ0v) is 14.0. The minimum absolute atomic E-state index is 0.0989. The molecule has 2 rings (SSSR count). The Bertz CT molecular complexity index is 717. The maximum Gasteiger partial charge on any atom is 0.272 e. The molecule has 0 spiro atoms. The lowest BCUT2D eigenvalue weighted by Crippen LogP contribution is -2.18. The molecule has 0 heterocycles. The highest BCUT2D eigenvalue weighted by Crippen LogP contribution is 2.18. The number of nitrogens with zero attached hydrogens (tertiary/aromatic N) is 1. The molecule has 0 radical (unpaired) electrons. The largest absolute Gasteiger partial charge is 0.507 e. The molecule has 21 heavy (non-hydrogen) atoms. The molecule has 0 atom stereocenters. The second-order valence-electron chi connectivity index (χ2n) is 4.39. The molecule has 2 aromatic carbocycles. The number of nitrogens with one attached hydrogen (secondary N) is 1. The summed E-state index contributed by atoms with van der Waals surface area (Å²) in [5, 5.41) is 13.9. The SMILES string of the molecule is Cc1ccc(C(=O)N/N=C\c2cc(I)ccc2O)c(Cl)c1. The molecule has 0 aliphatic rings. The van der Waals surface area contributed by atoms with Gasteiger partial charge in [0.2, 0.25) is 0 Å². The van der Waals surface area contributed by atoms with E-state index < -0.39 is 5.91 Å². The summed E-state index contributed by atoms with van der Waals surface area (Å²) in [5.74, 6) is -0.303. The average molecular weight is 415 g/mol. The number of aromatic hydroxyl groups is 1. The highest BCUT2D eigenvalue weighted by molar-refractivity contribution is 14.1. The first-order valence-electron chi connectivity index (χ1n) is 6.05. The predicted octanol–water partition coefficient (Wildman–Crippen LogP) is 3.72. The Balaban J connectivity index is 2.10. The number of hydrogen-bond acceptors (Lipinski definition) is 3. The number of carbonyl (C=O) groups excluding carboxylic acids is 1. The molecule has 4 nitrogen and oxygen atoms in total. The van der Waals surface area contributed by atoms with Crippen molar-refractivity contribution >= 4 is 46.3 Å². The van der Waals surface area contributed by atoms with Crippen molar-refractivity contribution in [3.63, 3.8) is 0 Å². The van der Waals surface area contributed by atoms with E-state index in [1.165, 1.54) is 6.21 Å². The molecule has 0 saturated heterocycles. The van der Waals surface area contributed by atoms with Crippen molar-refractivity contribution in [3.8, 4) is 5.75 Å². The fourth-order valence-electron chi connectivity index (χ4n) is 1.65. The number of hydrogen-bond donors (Lipinski definition) is 2. The van der Waals surface area contributed by atoms with E-state index in [1.807, 2.05) is 6.92 Å². The molecule has 0 aromatic heterocycles. The van der Waals surface area contributed by atoms with E-state index >= 15 is 0 Å². The number of hydrazone groups is 1. The lowest BCUT2D eigenvalue weighted by Gasteiger charge is -2.04. The molecular weight excluding hydrogens is 403 g/mol. The van der Waals surface area contributed by atoms with Crippen LogP contribution in [-0.4, -0.2) is 17.2 Å². The Hall–Kier alpha value is -1.60. The Morgan fingerprint density at radius 2 is 2.10 bits per heavy atom. The van der Waals surface area contributed by atoms with E-state index in [1.54, 1.807) is 36.4 Å². The maximum absolute atomic E-state index is 11.9. The second-order valence-corrected chi connectivity index (χ2v) is 6.04. The second kappa shape index (κ2) is 6.91. The third-order valence-corrected chi connectivity index (χ3v) is 3.71. The molecule has 0 unspecified atom stereocenters. The summed E-state index contributed by atoms with van der Waals surface area (Å²) < 4.78 is 0.958. The standard InChI is InChI=1S/C15H12ClIN2O2/c1-9-2-4-12(13(16)6-9)15(21)19-18-8-10-7-11(17)3-5-14(10)20/h2-8,20H,1H3,(H,19,21)/b18-8-. The van der Waals surface area contributed by atoms with Crippen LogP contribution in [0.1, 0.15) is 21.5 Å². The van der Waals surface area contributed by atoms with Gasteiger partial charge in [0.15, 0.2) is 0 Å². The van der Waals surface area contributed by atoms with Crippen molar-refractivity contribution in [3.05, 3.63) is 61.7 Å². The van der Waals surface area contributed by atoms with Crippen molar-refractivity contribution in [1.29, 1.82) is 0 Å². The van der Waals surface area contributed by atoms with Gasteiger partial charge in [-0.25, -0.2) is 5.43 Å². The third kappa shape index (κ3) is 4.18. The molecule has 0 saturated carbocycles. The van der Waals surface area contributed by atoms with Crippen LogP contribution < -0.4 is 5.43 Å². The lowest BCUT2D eigenvalue weighted by molar-refractivity contribution is 0.0955. The highest BCUT2D eigenvalue weighted by atomic mass is 127. The number of halogens is 2. The van der Waals surface area contributed by atoms with Crippen molar-refractivity contribution in [1.82, 2.24) is 5.43 Å². The molecule has 2 aromatic rings. The number of benzene rings is 2. The maximum atomic E-state index is 11.9. The summed E-state index contributed by atoms with van der Waals surface area (Å²) in [4.78, 5) is 11.9. The monoisotopic (exact) mass is 414 g/mol. The summed E-state index contributed by atoms with van der Waals surface area (Å²) in [5.41, 5.74) is 4.24. The van der Waals surface area contributed by atoms with Gasteiger partial charge in [0.1, 0.15) is 5.75 Å². The van der Waals surface area contributed by atoms with E-state index in [0.717, 1.165) is 9.13 Å². The van der Waals surface area contributed by atoms with Crippen LogP contribution in [0.2, 0.25) is 5.02 Å². The number of phenols is 1. The van der Waals surface area contributed by atoms with Crippen LogP contribution in [0.4, 0.5) is 0 Å². The zero-order valence-electron chi connectivity index (χ0n) is 11.1. The summed E-state index contributed by atoms with van der Waals surface area (Å²) in [7, 11) is 0. The fraction of sp³-hybridized carbons (Fsp3) is 0.0667. The van der Waals surface area contributed by atoms with Gasteiger partial charge in [-0.15, -0.1) is 0 Å². The van der Waals surface area contributed by atoms with Crippen LogP contribution in [0.5, 0.6) is 5.75 Å². The molecule has 0 bridgehead atoms. The van der Waals surface area contributed by atoms with Gasteiger partial charge in [-0.2, -0.15) is 5.10 Å². The smallest absolute Gasteiger partial charge is 0.272 e. The minimum atomic E-state index is -0.402. The van der Waals surface area contributed by atoms with E-state index in [4.69, 9.17) is 11.6 Å². The molecule has 2 N–H and O–H groups in total.